The largest absolute Gasteiger partial charge is 0.274 e. The average molecular weight is 276 g/mol. The predicted molar refractivity (Wildman–Crippen MR) is 74.0 cm³/mol. The molecule has 3 nitrogen and oxygen atoms in total. The van der Waals surface area contributed by atoms with Crippen molar-refractivity contribution >= 4 is 29.1 Å². The van der Waals surface area contributed by atoms with Gasteiger partial charge in [0.05, 0.1) is 22.5 Å². The maximum absolute atomic E-state index is 12.5. The van der Waals surface area contributed by atoms with Crippen molar-refractivity contribution in [2.24, 2.45) is 11.8 Å². The Hall–Kier alpha value is -1.61. The van der Waals surface area contributed by atoms with E-state index in [1.165, 1.54) is 4.90 Å². The molecular formula is C15H14ClNO2. The SMILES string of the molecule is Cc1cccc(Cl)c1N1C(=O)C2CC=CCC2C1=O. The number of allylic oxidation sites excluding steroid dienone is 2. The van der Waals surface area contributed by atoms with Crippen molar-refractivity contribution in [1.82, 2.24) is 0 Å². The average Bonchev–Trinajstić information content (AvgIpc) is 2.64. The molecule has 1 saturated heterocycles. The van der Waals surface area contributed by atoms with E-state index in [0.29, 0.717) is 23.6 Å². The first kappa shape index (κ1) is 12.4. The van der Waals surface area contributed by atoms with Crippen molar-refractivity contribution in [1.29, 1.82) is 0 Å². The second-order valence-electron chi connectivity index (χ2n) is 5.07. The Kier molecular flexibility index (Phi) is 2.94. The van der Waals surface area contributed by atoms with Gasteiger partial charge < -0.3 is 0 Å². The molecule has 0 radical (unpaired) electrons. The van der Waals surface area contributed by atoms with Crippen LogP contribution in [-0.4, -0.2) is 11.8 Å². The second kappa shape index (κ2) is 4.49. The Bertz CT molecular complexity index is 548. The molecule has 0 aromatic heterocycles. The molecule has 2 atom stereocenters. The van der Waals surface area contributed by atoms with Gasteiger partial charge in [-0.3, -0.25) is 9.59 Å². The lowest BCUT2D eigenvalue weighted by Gasteiger charge is -2.18. The van der Waals surface area contributed by atoms with E-state index in [0.717, 1.165) is 5.56 Å². The monoisotopic (exact) mass is 275 g/mol. The Morgan fingerprint density at radius 2 is 1.68 bits per heavy atom. The van der Waals surface area contributed by atoms with Crippen LogP contribution in [0.25, 0.3) is 0 Å². The third-order valence-corrected chi connectivity index (χ3v) is 4.22. The summed E-state index contributed by atoms with van der Waals surface area (Å²) in [7, 11) is 0. The van der Waals surface area contributed by atoms with E-state index in [1.807, 2.05) is 31.2 Å². The molecule has 4 heteroatoms. The molecule has 2 unspecified atom stereocenters. The van der Waals surface area contributed by atoms with E-state index in [1.54, 1.807) is 6.07 Å². The zero-order valence-electron chi connectivity index (χ0n) is 10.6. The van der Waals surface area contributed by atoms with Gasteiger partial charge in [-0.15, -0.1) is 0 Å². The number of hydrogen-bond donors (Lipinski definition) is 0. The highest BCUT2D eigenvalue weighted by molar-refractivity contribution is 6.36. The van der Waals surface area contributed by atoms with Crippen LogP contribution in [0, 0.1) is 18.8 Å². The van der Waals surface area contributed by atoms with Crippen molar-refractivity contribution in [2.45, 2.75) is 19.8 Å². The van der Waals surface area contributed by atoms with Crippen LogP contribution in [0.5, 0.6) is 0 Å². The molecule has 1 fully saturated rings. The van der Waals surface area contributed by atoms with Crippen molar-refractivity contribution < 1.29 is 9.59 Å². The fraction of sp³-hybridized carbons (Fsp3) is 0.333. The van der Waals surface area contributed by atoms with E-state index in [2.05, 4.69) is 0 Å². The van der Waals surface area contributed by atoms with E-state index in [-0.39, 0.29) is 23.7 Å². The Morgan fingerprint density at radius 1 is 1.11 bits per heavy atom. The Balaban J connectivity index is 2.07. The van der Waals surface area contributed by atoms with E-state index in [9.17, 15) is 9.59 Å². The molecule has 1 aliphatic heterocycles. The summed E-state index contributed by atoms with van der Waals surface area (Å²) in [6.45, 7) is 1.86. The third-order valence-electron chi connectivity index (χ3n) is 3.92. The number of amides is 2. The molecule has 1 aromatic rings. The molecule has 1 aromatic carbocycles. The van der Waals surface area contributed by atoms with Crippen LogP contribution in [0.3, 0.4) is 0 Å². The lowest BCUT2D eigenvalue weighted by atomic mass is 9.85. The normalized spacial score (nSPS) is 25.9. The van der Waals surface area contributed by atoms with Gasteiger partial charge >= 0.3 is 0 Å². The summed E-state index contributed by atoms with van der Waals surface area (Å²) in [5.74, 6) is -0.660. The number of hydrogen-bond acceptors (Lipinski definition) is 2. The summed E-state index contributed by atoms with van der Waals surface area (Å²) in [6.07, 6.45) is 5.26. The molecule has 0 bridgehead atoms. The first-order chi connectivity index (χ1) is 9.11. The standard InChI is InChI=1S/C15H14ClNO2/c1-9-5-4-8-12(16)13(9)17-14(18)10-6-2-3-7-11(10)15(17)19/h2-5,8,10-11H,6-7H2,1H3. The number of carbonyl (C=O) groups excluding carboxylic acids is 2. The smallest absolute Gasteiger partial charge is 0.238 e. The molecule has 0 spiro atoms. The maximum atomic E-state index is 12.5. The summed E-state index contributed by atoms with van der Waals surface area (Å²) in [5.41, 5.74) is 1.40. The van der Waals surface area contributed by atoms with Gasteiger partial charge in [-0.05, 0) is 31.4 Å². The summed E-state index contributed by atoms with van der Waals surface area (Å²) in [6, 6.07) is 5.40. The number of fused-ring (bicyclic) bond motifs is 1. The van der Waals surface area contributed by atoms with Crippen LogP contribution in [0.1, 0.15) is 18.4 Å². The number of para-hydroxylation sites is 1. The van der Waals surface area contributed by atoms with E-state index >= 15 is 0 Å². The van der Waals surface area contributed by atoms with E-state index in [4.69, 9.17) is 11.6 Å². The Labute approximate surface area is 116 Å². The van der Waals surface area contributed by atoms with Gasteiger partial charge in [0, 0.05) is 0 Å². The van der Waals surface area contributed by atoms with Crippen molar-refractivity contribution in [2.75, 3.05) is 4.90 Å². The second-order valence-corrected chi connectivity index (χ2v) is 5.48. The summed E-state index contributed by atoms with van der Waals surface area (Å²) in [4.78, 5) is 26.2. The molecule has 1 heterocycles. The quantitative estimate of drug-likeness (QED) is 0.583. The van der Waals surface area contributed by atoms with Gasteiger partial charge in [0.1, 0.15) is 0 Å². The number of nitrogens with zero attached hydrogens (tertiary/aromatic N) is 1. The van der Waals surface area contributed by atoms with Gasteiger partial charge in [-0.1, -0.05) is 35.9 Å². The third kappa shape index (κ3) is 1.80. The minimum absolute atomic E-state index is 0.115. The number of carbonyl (C=O) groups is 2. The highest BCUT2D eigenvalue weighted by Crippen LogP contribution is 2.41. The first-order valence-corrected chi connectivity index (χ1v) is 6.77. The van der Waals surface area contributed by atoms with Crippen LogP contribution in [0.2, 0.25) is 5.02 Å². The number of anilines is 1. The summed E-state index contributed by atoms with van der Waals surface area (Å²) in [5, 5.41) is 0.452. The minimum atomic E-state index is -0.215. The fourth-order valence-corrected chi connectivity index (χ4v) is 3.23. The van der Waals surface area contributed by atoms with Crippen molar-refractivity contribution in [3.8, 4) is 0 Å². The van der Waals surface area contributed by atoms with Gasteiger partial charge in [0.15, 0.2) is 0 Å². The predicted octanol–water partition coefficient (Wildman–Crippen LogP) is 3.10. The highest BCUT2D eigenvalue weighted by atomic mass is 35.5. The lowest BCUT2D eigenvalue weighted by molar-refractivity contribution is -0.122. The molecule has 0 saturated carbocycles. The van der Waals surface area contributed by atoms with Crippen LogP contribution in [-0.2, 0) is 9.59 Å². The molecule has 1 aliphatic carbocycles. The number of imide groups is 1. The molecule has 0 N–H and O–H groups in total. The molecule has 98 valence electrons. The van der Waals surface area contributed by atoms with Crippen molar-refractivity contribution in [3.63, 3.8) is 0 Å². The van der Waals surface area contributed by atoms with Gasteiger partial charge in [-0.2, -0.15) is 0 Å². The molecule has 3 rings (SSSR count). The first-order valence-electron chi connectivity index (χ1n) is 6.39. The number of aryl methyl sites for hydroxylation is 1. The Morgan fingerprint density at radius 3 is 2.21 bits per heavy atom. The molecular weight excluding hydrogens is 262 g/mol. The molecule has 2 aliphatic rings. The molecule has 2 amide bonds. The summed E-state index contributed by atoms with van der Waals surface area (Å²) < 4.78 is 0. The van der Waals surface area contributed by atoms with Gasteiger partial charge in [-0.25, -0.2) is 4.90 Å². The zero-order valence-corrected chi connectivity index (χ0v) is 11.4. The fourth-order valence-electron chi connectivity index (χ4n) is 2.93. The number of rotatable bonds is 1. The number of benzene rings is 1. The number of halogens is 1. The topological polar surface area (TPSA) is 37.4 Å². The lowest BCUT2D eigenvalue weighted by Crippen LogP contribution is -2.31. The maximum Gasteiger partial charge on any atom is 0.238 e. The highest BCUT2D eigenvalue weighted by Gasteiger charge is 2.48. The van der Waals surface area contributed by atoms with Crippen LogP contribution in [0.15, 0.2) is 30.4 Å². The van der Waals surface area contributed by atoms with Crippen molar-refractivity contribution in [3.05, 3.63) is 40.9 Å². The van der Waals surface area contributed by atoms with E-state index < -0.39 is 0 Å². The van der Waals surface area contributed by atoms with Gasteiger partial charge in [0.2, 0.25) is 11.8 Å². The van der Waals surface area contributed by atoms with Gasteiger partial charge in [0.25, 0.3) is 0 Å². The molecule has 19 heavy (non-hydrogen) atoms. The zero-order chi connectivity index (χ0) is 13.6. The minimum Gasteiger partial charge on any atom is -0.274 e. The van der Waals surface area contributed by atoms with Crippen LogP contribution < -0.4 is 4.90 Å². The van der Waals surface area contributed by atoms with Crippen LogP contribution in [0.4, 0.5) is 5.69 Å². The van der Waals surface area contributed by atoms with Crippen LogP contribution >= 0.6 is 11.6 Å². The summed E-state index contributed by atoms with van der Waals surface area (Å²) >= 11 is 6.18.